The quantitative estimate of drug-likeness (QED) is 0.562. The Morgan fingerprint density at radius 2 is 1.72 bits per heavy atom. The second-order valence-corrected chi connectivity index (χ2v) is 7.36. The van der Waals surface area contributed by atoms with Crippen LogP contribution in [-0.2, 0) is 6.54 Å². The lowest BCUT2D eigenvalue weighted by Crippen LogP contribution is -2.53. The molecule has 1 aliphatic rings. The number of pyridine rings is 2. The van der Waals surface area contributed by atoms with Crippen LogP contribution in [0, 0.1) is 0 Å². The first-order chi connectivity index (χ1) is 14.3. The average Bonchev–Trinajstić information content (AvgIpc) is 2.73. The van der Waals surface area contributed by atoms with Gasteiger partial charge < -0.3 is 10.5 Å². The van der Waals surface area contributed by atoms with E-state index in [1.807, 2.05) is 48.7 Å². The minimum absolute atomic E-state index is 0.193. The molecule has 0 amide bonds. The molecule has 3 heterocycles. The van der Waals surface area contributed by atoms with Crippen LogP contribution in [0.1, 0.15) is 5.69 Å². The van der Waals surface area contributed by atoms with E-state index in [0.717, 1.165) is 53.1 Å². The molecule has 0 aliphatic carbocycles. The van der Waals surface area contributed by atoms with Gasteiger partial charge in [-0.1, -0.05) is 36.4 Å². The number of aromatic nitrogens is 2. The third-order valence-corrected chi connectivity index (χ3v) is 5.26. The molecule has 1 fully saturated rings. The summed E-state index contributed by atoms with van der Waals surface area (Å²) in [6.45, 7) is 2.67. The van der Waals surface area contributed by atoms with Crippen LogP contribution in [0.15, 0.2) is 79.0 Å². The molecule has 1 saturated heterocycles. The number of hydrogen-bond acceptors (Lipinski definition) is 5. The number of ether oxygens (including phenoxy) is 1. The molecule has 4 aromatic rings. The zero-order valence-corrected chi connectivity index (χ0v) is 16.0. The zero-order chi connectivity index (χ0) is 19.6. The summed E-state index contributed by atoms with van der Waals surface area (Å²) in [7, 11) is 0. The Morgan fingerprint density at radius 3 is 2.52 bits per heavy atom. The Kier molecular flexibility index (Phi) is 4.58. The predicted molar refractivity (Wildman–Crippen MR) is 116 cm³/mol. The van der Waals surface area contributed by atoms with Crippen molar-refractivity contribution in [2.75, 3.05) is 18.8 Å². The van der Waals surface area contributed by atoms with Gasteiger partial charge >= 0.3 is 0 Å². The van der Waals surface area contributed by atoms with Gasteiger partial charge in [0.25, 0.3) is 0 Å². The van der Waals surface area contributed by atoms with E-state index in [-0.39, 0.29) is 6.10 Å². The molecule has 144 valence electrons. The highest BCUT2D eigenvalue weighted by molar-refractivity contribution is 5.99. The van der Waals surface area contributed by atoms with Crippen LogP contribution < -0.4 is 10.5 Å². The number of hydrogen-bond donors (Lipinski definition) is 1. The van der Waals surface area contributed by atoms with Gasteiger partial charge in [0.2, 0.25) is 0 Å². The molecule has 2 N–H and O–H groups in total. The highest BCUT2D eigenvalue weighted by Crippen LogP contribution is 2.35. The van der Waals surface area contributed by atoms with E-state index in [1.165, 1.54) is 0 Å². The Morgan fingerprint density at radius 1 is 0.897 bits per heavy atom. The van der Waals surface area contributed by atoms with Gasteiger partial charge in [0.05, 0.1) is 11.4 Å². The highest BCUT2D eigenvalue weighted by atomic mass is 16.5. The maximum Gasteiger partial charge on any atom is 0.127 e. The normalized spacial score (nSPS) is 14.6. The lowest BCUT2D eigenvalue weighted by atomic mass is 10.0. The van der Waals surface area contributed by atoms with Gasteiger partial charge in [0.1, 0.15) is 17.7 Å². The number of nitrogens with two attached hydrogens (primary N) is 1. The van der Waals surface area contributed by atoms with E-state index < -0.39 is 0 Å². The molecule has 5 nitrogen and oxygen atoms in total. The summed E-state index contributed by atoms with van der Waals surface area (Å²) in [6, 6.07) is 24.2. The fourth-order valence-electron chi connectivity index (χ4n) is 3.83. The SMILES string of the molecule is Nc1cccc(-c2ccc(OC3CN(Cc4ccccn4)C3)c3ccccc23)n1. The maximum absolute atomic E-state index is 6.34. The molecule has 5 heteroatoms. The Bertz CT molecular complexity index is 1140. The molecule has 1 aliphatic heterocycles. The smallest absolute Gasteiger partial charge is 0.127 e. The summed E-state index contributed by atoms with van der Waals surface area (Å²) in [6.07, 6.45) is 2.03. The summed E-state index contributed by atoms with van der Waals surface area (Å²) >= 11 is 0. The Balaban J connectivity index is 1.35. The summed E-state index contributed by atoms with van der Waals surface area (Å²) in [5.41, 5.74) is 8.91. The number of rotatable bonds is 5. The Labute approximate surface area is 169 Å². The first-order valence-corrected chi connectivity index (χ1v) is 9.80. The minimum atomic E-state index is 0.193. The lowest BCUT2D eigenvalue weighted by Gasteiger charge is -2.39. The van der Waals surface area contributed by atoms with E-state index in [0.29, 0.717) is 5.82 Å². The zero-order valence-electron chi connectivity index (χ0n) is 16.0. The van der Waals surface area contributed by atoms with Crippen molar-refractivity contribution in [1.29, 1.82) is 0 Å². The number of likely N-dealkylation sites (tertiary alicyclic amines) is 1. The van der Waals surface area contributed by atoms with Crippen molar-refractivity contribution >= 4 is 16.6 Å². The highest BCUT2D eigenvalue weighted by Gasteiger charge is 2.29. The number of anilines is 1. The average molecular weight is 382 g/mol. The molecule has 2 aromatic carbocycles. The molecule has 5 rings (SSSR count). The van der Waals surface area contributed by atoms with Crippen LogP contribution in [0.2, 0.25) is 0 Å². The van der Waals surface area contributed by atoms with Crippen molar-refractivity contribution in [1.82, 2.24) is 14.9 Å². The second kappa shape index (κ2) is 7.53. The topological polar surface area (TPSA) is 64.3 Å². The molecule has 0 atom stereocenters. The number of benzene rings is 2. The molecule has 0 unspecified atom stereocenters. The third-order valence-electron chi connectivity index (χ3n) is 5.26. The second-order valence-electron chi connectivity index (χ2n) is 7.36. The van der Waals surface area contributed by atoms with Crippen molar-refractivity contribution in [2.24, 2.45) is 0 Å². The van der Waals surface area contributed by atoms with Crippen LogP contribution >= 0.6 is 0 Å². The third kappa shape index (κ3) is 3.65. The molecule has 0 bridgehead atoms. The van der Waals surface area contributed by atoms with Gasteiger partial charge in [0.15, 0.2) is 0 Å². The van der Waals surface area contributed by atoms with Crippen LogP contribution in [0.3, 0.4) is 0 Å². The van der Waals surface area contributed by atoms with E-state index in [2.05, 4.69) is 39.1 Å². The maximum atomic E-state index is 6.34. The standard InChI is InChI=1S/C24H22N4O/c25-24-10-5-9-22(27-24)20-11-12-23(21-8-2-1-7-19(20)21)29-18-15-28(16-18)14-17-6-3-4-13-26-17/h1-13,18H,14-16H2,(H2,25,27). The van der Waals surface area contributed by atoms with E-state index in [1.54, 1.807) is 6.07 Å². The van der Waals surface area contributed by atoms with Crippen molar-refractivity contribution in [3.8, 4) is 17.0 Å². The van der Waals surface area contributed by atoms with Gasteiger partial charge in [-0.05, 0) is 41.8 Å². The van der Waals surface area contributed by atoms with Gasteiger partial charge in [-0.25, -0.2) is 4.98 Å². The fraction of sp³-hybridized carbons (Fsp3) is 0.167. The minimum Gasteiger partial charge on any atom is -0.487 e. The molecular formula is C24H22N4O. The summed E-state index contributed by atoms with van der Waals surface area (Å²) < 4.78 is 6.34. The summed E-state index contributed by atoms with van der Waals surface area (Å²) in [5, 5.41) is 2.21. The lowest BCUT2D eigenvalue weighted by molar-refractivity contribution is 0.0147. The number of nitrogens with zero attached hydrogens (tertiary/aromatic N) is 3. The van der Waals surface area contributed by atoms with E-state index in [9.17, 15) is 0 Å². The monoisotopic (exact) mass is 382 g/mol. The first-order valence-electron chi connectivity index (χ1n) is 9.80. The van der Waals surface area contributed by atoms with Gasteiger partial charge in [-0.15, -0.1) is 0 Å². The van der Waals surface area contributed by atoms with Gasteiger partial charge in [-0.3, -0.25) is 9.88 Å². The van der Waals surface area contributed by atoms with Crippen molar-refractivity contribution < 1.29 is 4.74 Å². The largest absolute Gasteiger partial charge is 0.487 e. The van der Waals surface area contributed by atoms with E-state index >= 15 is 0 Å². The van der Waals surface area contributed by atoms with E-state index in [4.69, 9.17) is 10.5 Å². The number of fused-ring (bicyclic) bond motifs is 1. The Hall–Kier alpha value is -3.44. The van der Waals surface area contributed by atoms with Gasteiger partial charge in [0, 0.05) is 36.8 Å². The van der Waals surface area contributed by atoms with Crippen LogP contribution in [0.4, 0.5) is 5.82 Å². The number of nitrogen functional groups attached to an aromatic ring is 1. The van der Waals surface area contributed by atoms with Crippen molar-refractivity contribution in [3.63, 3.8) is 0 Å². The summed E-state index contributed by atoms with van der Waals surface area (Å²) in [5.74, 6) is 1.44. The van der Waals surface area contributed by atoms with Crippen LogP contribution in [-0.4, -0.2) is 34.1 Å². The van der Waals surface area contributed by atoms with Crippen molar-refractivity contribution in [3.05, 3.63) is 84.7 Å². The molecule has 2 aromatic heterocycles. The molecule has 0 radical (unpaired) electrons. The van der Waals surface area contributed by atoms with Crippen molar-refractivity contribution in [2.45, 2.75) is 12.6 Å². The summed E-state index contributed by atoms with van der Waals surface area (Å²) in [4.78, 5) is 11.2. The molecule has 29 heavy (non-hydrogen) atoms. The van der Waals surface area contributed by atoms with Gasteiger partial charge in [-0.2, -0.15) is 0 Å². The predicted octanol–water partition coefficient (Wildman–Crippen LogP) is 4.14. The van der Waals surface area contributed by atoms with Crippen LogP contribution in [0.5, 0.6) is 5.75 Å². The fourth-order valence-corrected chi connectivity index (χ4v) is 3.83. The van der Waals surface area contributed by atoms with Crippen LogP contribution in [0.25, 0.3) is 22.0 Å². The molecule has 0 spiro atoms. The first kappa shape index (κ1) is 17.6. The molecular weight excluding hydrogens is 360 g/mol. The molecule has 0 saturated carbocycles.